The van der Waals surface area contributed by atoms with Crippen LogP contribution >= 0.6 is 11.8 Å². The summed E-state index contributed by atoms with van der Waals surface area (Å²) in [5.74, 6) is 1.47. The number of H-pyrrole nitrogens is 1. The van der Waals surface area contributed by atoms with Crippen LogP contribution in [0.2, 0.25) is 0 Å². The molecule has 4 aromatic rings. The number of benzene rings is 2. The number of aromatic nitrogens is 3. The lowest BCUT2D eigenvalue weighted by molar-refractivity contribution is -0.115. The number of methoxy groups -OCH3 is 2. The third kappa shape index (κ3) is 5.40. The number of imidazole rings is 1. The van der Waals surface area contributed by atoms with Crippen molar-refractivity contribution in [3.63, 3.8) is 0 Å². The maximum atomic E-state index is 12.9. The summed E-state index contributed by atoms with van der Waals surface area (Å²) >= 11 is 1.41. The molecule has 0 saturated carbocycles. The molecule has 0 spiro atoms. The third-order valence-corrected chi connectivity index (χ3v) is 6.52. The number of ether oxygens (including phenoxy) is 2. The molecule has 0 fully saturated rings. The maximum absolute atomic E-state index is 12.9. The van der Waals surface area contributed by atoms with E-state index >= 15 is 0 Å². The number of aromatic amines is 1. The number of hydrogen-bond acceptors (Lipinski definition) is 6. The first-order valence-corrected chi connectivity index (χ1v) is 11.8. The van der Waals surface area contributed by atoms with E-state index in [1.807, 2.05) is 61.5 Å². The highest BCUT2D eigenvalue weighted by Gasteiger charge is 2.22. The van der Waals surface area contributed by atoms with E-state index in [1.54, 1.807) is 32.7 Å². The summed E-state index contributed by atoms with van der Waals surface area (Å²) in [6.07, 6.45) is 3.95. The predicted molar refractivity (Wildman–Crippen MR) is 135 cm³/mol. The molecule has 8 heteroatoms. The first-order valence-electron chi connectivity index (χ1n) is 10.9. The molecule has 174 valence electrons. The molecule has 2 heterocycles. The molecule has 1 atom stereocenters. The quantitative estimate of drug-likeness (QED) is 0.304. The molecule has 34 heavy (non-hydrogen) atoms. The molecule has 4 rings (SSSR count). The van der Waals surface area contributed by atoms with Gasteiger partial charge in [0, 0.05) is 17.3 Å². The molecule has 0 radical (unpaired) electrons. The molecule has 1 unspecified atom stereocenters. The average molecular weight is 475 g/mol. The minimum atomic E-state index is -0.321. The second-order valence-corrected chi connectivity index (χ2v) is 8.66. The van der Waals surface area contributed by atoms with Crippen LogP contribution in [0.3, 0.4) is 0 Å². The van der Waals surface area contributed by atoms with E-state index in [2.05, 4.69) is 15.3 Å². The number of anilines is 1. The molecule has 0 aliphatic heterocycles. The van der Waals surface area contributed by atoms with Gasteiger partial charge in [-0.15, -0.1) is 0 Å². The van der Waals surface area contributed by atoms with Gasteiger partial charge in [0.1, 0.15) is 11.5 Å². The molecule has 7 nitrogen and oxygen atoms in total. The van der Waals surface area contributed by atoms with Crippen molar-refractivity contribution in [2.75, 3.05) is 19.5 Å². The average Bonchev–Trinajstić information content (AvgIpc) is 3.31. The van der Waals surface area contributed by atoms with Crippen molar-refractivity contribution in [2.24, 2.45) is 0 Å². The van der Waals surface area contributed by atoms with Gasteiger partial charge in [-0.3, -0.25) is 9.78 Å². The van der Waals surface area contributed by atoms with Gasteiger partial charge in [0.15, 0.2) is 5.16 Å². The summed E-state index contributed by atoms with van der Waals surface area (Å²) in [5.41, 5.74) is 4.26. The van der Waals surface area contributed by atoms with Crippen LogP contribution < -0.4 is 14.8 Å². The van der Waals surface area contributed by atoms with Crippen LogP contribution in [0, 0.1) is 0 Å². The Bertz CT molecular complexity index is 1160. The fourth-order valence-corrected chi connectivity index (χ4v) is 4.36. The Morgan fingerprint density at radius 3 is 2.21 bits per heavy atom. The molecular weight excluding hydrogens is 448 g/mol. The van der Waals surface area contributed by atoms with Crippen molar-refractivity contribution >= 4 is 23.4 Å². The van der Waals surface area contributed by atoms with Crippen LogP contribution in [0.25, 0.3) is 22.5 Å². The van der Waals surface area contributed by atoms with Crippen molar-refractivity contribution in [1.29, 1.82) is 0 Å². The summed E-state index contributed by atoms with van der Waals surface area (Å²) in [6, 6.07) is 19.2. The van der Waals surface area contributed by atoms with Gasteiger partial charge in [0.25, 0.3) is 0 Å². The molecular formula is C26H26N4O3S. The number of carbonyl (C=O) groups excluding carboxylic acids is 1. The van der Waals surface area contributed by atoms with Crippen molar-refractivity contribution in [2.45, 2.75) is 23.8 Å². The van der Waals surface area contributed by atoms with E-state index in [0.717, 1.165) is 34.0 Å². The second-order valence-electron chi connectivity index (χ2n) is 7.47. The van der Waals surface area contributed by atoms with Crippen LogP contribution in [0.15, 0.2) is 78.2 Å². The highest BCUT2D eigenvalue weighted by molar-refractivity contribution is 8.00. The van der Waals surface area contributed by atoms with Gasteiger partial charge in [-0.2, -0.15) is 0 Å². The Kier molecular flexibility index (Phi) is 7.49. The first-order chi connectivity index (χ1) is 16.6. The monoisotopic (exact) mass is 474 g/mol. The van der Waals surface area contributed by atoms with Crippen molar-refractivity contribution < 1.29 is 14.3 Å². The van der Waals surface area contributed by atoms with E-state index in [1.165, 1.54) is 11.8 Å². The lowest BCUT2D eigenvalue weighted by Crippen LogP contribution is -2.24. The van der Waals surface area contributed by atoms with Crippen molar-refractivity contribution in [3.05, 3.63) is 73.1 Å². The largest absolute Gasteiger partial charge is 0.497 e. The van der Waals surface area contributed by atoms with Crippen LogP contribution in [0.5, 0.6) is 11.5 Å². The lowest BCUT2D eigenvalue weighted by Gasteiger charge is -2.13. The minimum absolute atomic E-state index is 0.0890. The van der Waals surface area contributed by atoms with Crippen molar-refractivity contribution in [3.8, 4) is 34.0 Å². The van der Waals surface area contributed by atoms with Gasteiger partial charge in [0.2, 0.25) is 5.91 Å². The number of amides is 1. The Hall–Kier alpha value is -3.78. The second kappa shape index (κ2) is 10.9. The van der Waals surface area contributed by atoms with Gasteiger partial charge in [-0.05, 0) is 67.1 Å². The van der Waals surface area contributed by atoms with Crippen molar-refractivity contribution in [1.82, 2.24) is 15.0 Å². The highest BCUT2D eigenvalue weighted by Crippen LogP contribution is 2.35. The molecule has 0 saturated heterocycles. The molecule has 0 aliphatic carbocycles. The smallest absolute Gasteiger partial charge is 0.238 e. The summed E-state index contributed by atoms with van der Waals surface area (Å²) < 4.78 is 10.6. The normalized spacial score (nSPS) is 11.6. The summed E-state index contributed by atoms with van der Waals surface area (Å²) in [7, 11) is 3.28. The fraction of sp³-hybridized carbons (Fsp3) is 0.192. The zero-order valence-electron chi connectivity index (χ0n) is 19.2. The van der Waals surface area contributed by atoms with Gasteiger partial charge in [-0.1, -0.05) is 18.7 Å². The lowest BCUT2D eigenvalue weighted by atomic mass is 10.0. The number of hydrogen-bond donors (Lipinski definition) is 2. The minimum Gasteiger partial charge on any atom is -0.497 e. The summed E-state index contributed by atoms with van der Waals surface area (Å²) in [6.45, 7) is 1.98. The summed E-state index contributed by atoms with van der Waals surface area (Å²) in [5, 5.41) is 3.28. The molecule has 2 aromatic heterocycles. The number of nitrogens with zero attached hydrogens (tertiary/aromatic N) is 2. The van der Waals surface area contributed by atoms with Gasteiger partial charge in [0.05, 0.1) is 42.7 Å². The van der Waals surface area contributed by atoms with E-state index in [4.69, 9.17) is 14.5 Å². The van der Waals surface area contributed by atoms with E-state index in [-0.39, 0.29) is 11.2 Å². The molecule has 0 aliphatic rings. The van der Waals surface area contributed by atoms with Gasteiger partial charge in [-0.25, -0.2) is 4.98 Å². The molecule has 2 aromatic carbocycles. The molecule has 2 N–H and O–H groups in total. The maximum Gasteiger partial charge on any atom is 0.238 e. The number of thioether (sulfide) groups is 1. The van der Waals surface area contributed by atoms with Gasteiger partial charge >= 0.3 is 0 Å². The Balaban J connectivity index is 1.65. The number of carbonyl (C=O) groups is 1. The first kappa shape index (κ1) is 23.4. The number of pyridine rings is 1. The van der Waals surface area contributed by atoms with Crippen LogP contribution in [0.1, 0.15) is 13.3 Å². The highest BCUT2D eigenvalue weighted by atomic mass is 32.2. The Morgan fingerprint density at radius 1 is 1.00 bits per heavy atom. The third-order valence-electron chi connectivity index (χ3n) is 5.27. The summed E-state index contributed by atoms with van der Waals surface area (Å²) in [4.78, 5) is 25.3. The zero-order chi connectivity index (χ0) is 23.9. The van der Waals surface area contributed by atoms with E-state index in [9.17, 15) is 4.79 Å². The molecule has 1 amide bonds. The molecule has 0 bridgehead atoms. The van der Waals surface area contributed by atoms with Gasteiger partial charge < -0.3 is 19.8 Å². The standard InChI is InChI=1S/C26H26N4O3S/c1-4-22(25(31)28-19-6-5-15-27-16-19)34-26-29-23(17-7-11-20(32-2)12-8-17)24(30-26)18-9-13-21(33-3)14-10-18/h5-16,22H,4H2,1-3H3,(H,28,31)(H,29,30). The van der Waals surface area contributed by atoms with Crippen LogP contribution in [-0.4, -0.2) is 40.3 Å². The topological polar surface area (TPSA) is 89.1 Å². The Morgan fingerprint density at radius 2 is 1.65 bits per heavy atom. The number of nitrogens with one attached hydrogen (secondary N) is 2. The predicted octanol–water partition coefficient (Wildman–Crippen LogP) is 5.67. The Labute approximate surface area is 203 Å². The van der Waals surface area contributed by atoms with Crippen LogP contribution in [-0.2, 0) is 4.79 Å². The number of rotatable bonds is 9. The van der Waals surface area contributed by atoms with Crippen LogP contribution in [0.4, 0.5) is 5.69 Å². The zero-order valence-corrected chi connectivity index (χ0v) is 20.1. The SMILES string of the molecule is CCC(Sc1nc(-c2ccc(OC)cc2)c(-c2ccc(OC)cc2)[nH]1)C(=O)Nc1cccnc1. The van der Waals surface area contributed by atoms with E-state index < -0.39 is 0 Å². The van der Waals surface area contributed by atoms with E-state index in [0.29, 0.717) is 17.3 Å². The fourth-order valence-electron chi connectivity index (χ4n) is 3.45.